The van der Waals surface area contributed by atoms with E-state index in [1.807, 2.05) is 34.6 Å². The first kappa shape index (κ1) is 15.1. The molecule has 1 N–H and O–H groups in total. The van der Waals surface area contributed by atoms with Crippen molar-refractivity contribution in [3.8, 4) is 0 Å². The van der Waals surface area contributed by atoms with Crippen LogP contribution in [0.3, 0.4) is 0 Å². The summed E-state index contributed by atoms with van der Waals surface area (Å²) >= 11 is 0. The van der Waals surface area contributed by atoms with Crippen molar-refractivity contribution in [1.29, 1.82) is 0 Å². The number of Topliss-reactive ketones (excluding diaryl/α,β-unsaturated/α-hetero) is 1. The lowest BCUT2D eigenvalue weighted by molar-refractivity contribution is -0.127. The fourth-order valence-electron chi connectivity index (χ4n) is 1.29. The summed E-state index contributed by atoms with van der Waals surface area (Å²) in [7, 11) is 0. The number of rotatable bonds is 6. The fourth-order valence-corrected chi connectivity index (χ4v) is 1.29. The van der Waals surface area contributed by atoms with E-state index >= 15 is 0 Å². The van der Waals surface area contributed by atoms with Crippen molar-refractivity contribution in [2.75, 3.05) is 6.54 Å². The number of hydrogen-bond donors (Lipinski definition) is 1. The van der Waals surface area contributed by atoms with E-state index in [1.54, 1.807) is 0 Å². The van der Waals surface area contributed by atoms with Crippen molar-refractivity contribution >= 4 is 11.7 Å². The minimum Gasteiger partial charge on any atom is -0.356 e. The number of hydrogen-bond acceptors (Lipinski definition) is 2. The molecule has 0 bridgehead atoms. The van der Waals surface area contributed by atoms with Crippen molar-refractivity contribution in [3.63, 3.8) is 0 Å². The first-order valence-corrected chi connectivity index (χ1v) is 6.03. The van der Waals surface area contributed by atoms with Crippen LogP contribution in [-0.4, -0.2) is 18.2 Å². The van der Waals surface area contributed by atoms with Gasteiger partial charge < -0.3 is 5.32 Å². The predicted octanol–water partition coefficient (Wildman–Crippen LogP) is 2.54. The Morgan fingerprint density at radius 2 is 1.75 bits per heavy atom. The molecule has 0 rings (SSSR count). The van der Waals surface area contributed by atoms with Gasteiger partial charge in [0, 0.05) is 24.8 Å². The number of ketones is 1. The zero-order valence-corrected chi connectivity index (χ0v) is 11.2. The Morgan fingerprint density at radius 3 is 2.19 bits per heavy atom. The Labute approximate surface area is 99.0 Å². The maximum atomic E-state index is 11.6. The third-order valence-electron chi connectivity index (χ3n) is 2.33. The Hall–Kier alpha value is -0.860. The summed E-state index contributed by atoms with van der Waals surface area (Å²) in [5, 5.41) is 2.83. The lowest BCUT2D eigenvalue weighted by Crippen LogP contribution is -2.27. The van der Waals surface area contributed by atoms with E-state index in [0.717, 1.165) is 6.42 Å². The van der Waals surface area contributed by atoms with E-state index in [0.29, 0.717) is 25.3 Å². The van der Waals surface area contributed by atoms with Gasteiger partial charge in [0.2, 0.25) is 5.91 Å². The molecule has 0 aromatic heterocycles. The van der Waals surface area contributed by atoms with Gasteiger partial charge in [-0.1, -0.05) is 34.6 Å². The number of nitrogens with one attached hydrogen (secondary N) is 1. The molecule has 0 aromatic rings. The van der Waals surface area contributed by atoms with Gasteiger partial charge in [0.1, 0.15) is 5.78 Å². The second-order valence-corrected chi connectivity index (χ2v) is 5.72. The summed E-state index contributed by atoms with van der Waals surface area (Å²) in [6, 6.07) is 0. The van der Waals surface area contributed by atoms with Crippen LogP contribution in [0.15, 0.2) is 0 Å². The van der Waals surface area contributed by atoms with E-state index in [1.165, 1.54) is 0 Å². The number of amides is 1. The van der Waals surface area contributed by atoms with Crippen LogP contribution in [0, 0.1) is 11.3 Å². The van der Waals surface area contributed by atoms with Crippen molar-refractivity contribution in [2.45, 2.75) is 53.9 Å². The van der Waals surface area contributed by atoms with E-state index in [2.05, 4.69) is 5.32 Å². The van der Waals surface area contributed by atoms with Crippen LogP contribution in [0.4, 0.5) is 0 Å². The largest absolute Gasteiger partial charge is 0.356 e. The molecule has 3 nitrogen and oxygen atoms in total. The zero-order valence-electron chi connectivity index (χ0n) is 11.2. The molecule has 0 aliphatic carbocycles. The van der Waals surface area contributed by atoms with Gasteiger partial charge in [-0.25, -0.2) is 0 Å². The molecule has 0 aliphatic heterocycles. The van der Waals surface area contributed by atoms with Crippen LogP contribution >= 0.6 is 0 Å². The van der Waals surface area contributed by atoms with Gasteiger partial charge in [-0.15, -0.1) is 0 Å². The fraction of sp³-hybridized carbons (Fsp3) is 0.846. The van der Waals surface area contributed by atoms with Gasteiger partial charge in [0.15, 0.2) is 0 Å². The molecule has 0 spiro atoms. The van der Waals surface area contributed by atoms with Crippen molar-refractivity contribution in [2.24, 2.45) is 11.3 Å². The van der Waals surface area contributed by atoms with Crippen LogP contribution in [0.2, 0.25) is 0 Å². The number of carbonyl (C=O) groups excluding carboxylic acids is 2. The molecule has 0 aromatic carbocycles. The molecule has 0 radical (unpaired) electrons. The smallest absolute Gasteiger partial charge is 0.220 e. The Kier molecular flexibility index (Phi) is 6.31. The van der Waals surface area contributed by atoms with E-state index in [9.17, 15) is 9.59 Å². The molecule has 3 heteroatoms. The summed E-state index contributed by atoms with van der Waals surface area (Å²) in [6.45, 7) is 10.4. The minimum absolute atomic E-state index is 0.0817. The van der Waals surface area contributed by atoms with E-state index in [-0.39, 0.29) is 17.1 Å². The standard InChI is InChI=1S/C13H25NO2/c1-10(2)9-12(16)14-8-6-7-11(15)13(3,4)5/h10H,6-9H2,1-5H3,(H,14,16). The normalized spacial score (nSPS) is 11.6. The molecule has 0 saturated heterocycles. The third-order valence-corrected chi connectivity index (χ3v) is 2.33. The topological polar surface area (TPSA) is 46.2 Å². The lowest BCUT2D eigenvalue weighted by atomic mass is 9.88. The maximum absolute atomic E-state index is 11.6. The maximum Gasteiger partial charge on any atom is 0.220 e. The van der Waals surface area contributed by atoms with Gasteiger partial charge in [-0.2, -0.15) is 0 Å². The SMILES string of the molecule is CC(C)CC(=O)NCCCC(=O)C(C)(C)C. The van der Waals surface area contributed by atoms with Crippen molar-refractivity contribution in [3.05, 3.63) is 0 Å². The van der Waals surface area contributed by atoms with Crippen LogP contribution in [-0.2, 0) is 9.59 Å². The second kappa shape index (κ2) is 6.66. The summed E-state index contributed by atoms with van der Waals surface area (Å²) in [4.78, 5) is 22.9. The molecule has 0 saturated carbocycles. The molecule has 0 aliphatic rings. The van der Waals surface area contributed by atoms with Crippen molar-refractivity contribution < 1.29 is 9.59 Å². The Bertz CT molecular complexity index is 239. The van der Waals surface area contributed by atoms with Gasteiger partial charge in [0.05, 0.1) is 0 Å². The predicted molar refractivity (Wildman–Crippen MR) is 66.2 cm³/mol. The molecular formula is C13H25NO2. The quantitative estimate of drug-likeness (QED) is 0.709. The summed E-state index contributed by atoms with van der Waals surface area (Å²) in [5.74, 6) is 0.722. The lowest BCUT2D eigenvalue weighted by Gasteiger charge is -2.16. The highest BCUT2D eigenvalue weighted by Gasteiger charge is 2.20. The van der Waals surface area contributed by atoms with Gasteiger partial charge in [0.25, 0.3) is 0 Å². The molecule has 0 atom stereocenters. The molecule has 1 amide bonds. The van der Waals surface area contributed by atoms with Gasteiger partial charge in [-0.3, -0.25) is 9.59 Å². The van der Waals surface area contributed by atoms with Crippen molar-refractivity contribution in [1.82, 2.24) is 5.32 Å². The van der Waals surface area contributed by atoms with E-state index < -0.39 is 0 Å². The first-order valence-electron chi connectivity index (χ1n) is 6.03. The highest BCUT2D eigenvalue weighted by molar-refractivity contribution is 5.83. The molecular weight excluding hydrogens is 202 g/mol. The molecule has 16 heavy (non-hydrogen) atoms. The number of carbonyl (C=O) groups is 2. The highest BCUT2D eigenvalue weighted by atomic mass is 16.1. The van der Waals surface area contributed by atoms with Crippen LogP contribution in [0.5, 0.6) is 0 Å². The van der Waals surface area contributed by atoms with Gasteiger partial charge in [-0.05, 0) is 12.3 Å². The summed E-state index contributed by atoms with van der Waals surface area (Å²) < 4.78 is 0. The zero-order chi connectivity index (χ0) is 12.8. The summed E-state index contributed by atoms with van der Waals surface area (Å²) in [6.07, 6.45) is 1.85. The third kappa shape index (κ3) is 7.43. The molecule has 94 valence electrons. The average molecular weight is 227 g/mol. The molecule has 0 unspecified atom stereocenters. The van der Waals surface area contributed by atoms with Crippen LogP contribution < -0.4 is 5.32 Å². The Balaban J connectivity index is 3.62. The summed E-state index contributed by atoms with van der Waals surface area (Å²) in [5.41, 5.74) is -0.262. The van der Waals surface area contributed by atoms with Crippen LogP contribution in [0.1, 0.15) is 53.9 Å². The minimum atomic E-state index is -0.262. The molecule has 0 fully saturated rings. The Morgan fingerprint density at radius 1 is 1.19 bits per heavy atom. The first-order chi connectivity index (χ1) is 7.23. The van der Waals surface area contributed by atoms with Gasteiger partial charge >= 0.3 is 0 Å². The van der Waals surface area contributed by atoms with Crippen LogP contribution in [0.25, 0.3) is 0 Å². The second-order valence-electron chi connectivity index (χ2n) is 5.72. The average Bonchev–Trinajstić information content (AvgIpc) is 2.09. The van der Waals surface area contributed by atoms with E-state index in [4.69, 9.17) is 0 Å². The monoisotopic (exact) mass is 227 g/mol. The molecule has 0 heterocycles. The highest BCUT2D eigenvalue weighted by Crippen LogP contribution is 2.17.